The largest absolute Gasteiger partial charge is 0.441 e. The second-order valence-electron chi connectivity index (χ2n) is 9.06. The number of nitriles is 1. The molecular weight excluding hydrogens is 427 g/mol. The number of nitrogens with one attached hydrogen (secondary N) is 1. The van der Waals surface area contributed by atoms with E-state index >= 15 is 0 Å². The highest BCUT2D eigenvalue weighted by Gasteiger charge is 2.51. The Morgan fingerprint density at radius 1 is 1.21 bits per heavy atom. The molecule has 1 aliphatic heterocycles. The molecule has 0 aromatic heterocycles. The number of benzene rings is 2. The predicted octanol–water partition coefficient (Wildman–Crippen LogP) is 5.30. The minimum Gasteiger partial charge on any atom is -0.441 e. The zero-order chi connectivity index (χ0) is 23.8. The van der Waals surface area contributed by atoms with E-state index in [2.05, 4.69) is 5.32 Å². The quantitative estimate of drug-likeness (QED) is 0.487. The highest BCUT2D eigenvalue weighted by Crippen LogP contribution is 2.44. The number of cyclic esters (lactones) is 1. The number of anilines is 1. The molecule has 1 saturated carbocycles. The van der Waals surface area contributed by atoms with Crippen LogP contribution in [0.15, 0.2) is 42.5 Å². The summed E-state index contributed by atoms with van der Waals surface area (Å²) < 4.78 is 19.8. The van der Waals surface area contributed by atoms with Crippen LogP contribution in [0, 0.1) is 27.3 Å². The van der Waals surface area contributed by atoms with Gasteiger partial charge in [-0.25, -0.2) is 9.18 Å². The number of carbonyl (C=O) groups is 1. The van der Waals surface area contributed by atoms with Gasteiger partial charge in [-0.15, -0.1) is 0 Å². The summed E-state index contributed by atoms with van der Waals surface area (Å²) in [4.78, 5) is 25.4. The lowest BCUT2D eigenvalue weighted by Gasteiger charge is -2.38. The van der Waals surface area contributed by atoms with Crippen molar-refractivity contribution in [2.45, 2.75) is 63.3 Å². The fourth-order valence-electron chi connectivity index (χ4n) is 4.96. The van der Waals surface area contributed by atoms with E-state index in [0.29, 0.717) is 25.7 Å². The molecule has 2 aliphatic rings. The van der Waals surface area contributed by atoms with Crippen molar-refractivity contribution in [2.24, 2.45) is 0 Å². The summed E-state index contributed by atoms with van der Waals surface area (Å²) in [6, 6.07) is 13.0. The third-order valence-electron chi connectivity index (χ3n) is 6.47. The number of ether oxygens (including phenoxy) is 1. The summed E-state index contributed by atoms with van der Waals surface area (Å²) in [7, 11) is 0. The van der Waals surface area contributed by atoms with E-state index in [1.54, 1.807) is 6.07 Å². The summed E-state index contributed by atoms with van der Waals surface area (Å²) in [6.45, 7) is 3.82. The second-order valence-corrected chi connectivity index (χ2v) is 9.06. The molecule has 1 heterocycles. The maximum absolute atomic E-state index is 14.1. The molecule has 33 heavy (non-hydrogen) atoms. The van der Waals surface area contributed by atoms with E-state index in [1.807, 2.05) is 49.1 Å². The summed E-state index contributed by atoms with van der Waals surface area (Å²) >= 11 is 0. The monoisotopic (exact) mass is 452 g/mol. The highest BCUT2D eigenvalue weighted by molar-refractivity contribution is 5.72. The molecule has 1 amide bonds. The first-order valence-corrected chi connectivity index (χ1v) is 10.9. The minimum atomic E-state index is -0.799. The van der Waals surface area contributed by atoms with Gasteiger partial charge in [0.1, 0.15) is 23.2 Å². The molecule has 0 unspecified atom stereocenters. The lowest BCUT2D eigenvalue weighted by molar-refractivity contribution is -0.384. The van der Waals surface area contributed by atoms with Crippen LogP contribution in [-0.4, -0.2) is 33.6 Å². The molecule has 0 radical (unpaired) electrons. The van der Waals surface area contributed by atoms with E-state index in [-0.39, 0.29) is 41.2 Å². The Morgan fingerprint density at radius 2 is 1.88 bits per heavy atom. The first-order chi connectivity index (χ1) is 15.7. The van der Waals surface area contributed by atoms with Crippen LogP contribution in [0.5, 0.6) is 0 Å². The fourth-order valence-corrected chi connectivity index (χ4v) is 4.96. The first-order valence-electron chi connectivity index (χ1n) is 10.9. The SMILES string of the molecule is CC1(C)OC(=O)N(C2CCC(Nc3cc(F)c(C#N)cc3[N+](=O)[O-])CC2)[C@H]1c1ccccc1. The van der Waals surface area contributed by atoms with Gasteiger partial charge in [0.05, 0.1) is 16.5 Å². The Kier molecular flexibility index (Phi) is 5.93. The number of carbonyl (C=O) groups excluding carboxylic acids is 1. The van der Waals surface area contributed by atoms with Crippen LogP contribution in [0.25, 0.3) is 0 Å². The predicted molar refractivity (Wildman–Crippen MR) is 119 cm³/mol. The summed E-state index contributed by atoms with van der Waals surface area (Å²) in [6.07, 6.45) is 2.32. The number of nitro groups is 1. The maximum atomic E-state index is 14.1. The van der Waals surface area contributed by atoms with Gasteiger partial charge in [-0.05, 0) is 45.1 Å². The van der Waals surface area contributed by atoms with Crippen molar-refractivity contribution >= 4 is 17.5 Å². The van der Waals surface area contributed by atoms with Crippen molar-refractivity contribution in [3.63, 3.8) is 0 Å². The number of rotatable bonds is 5. The van der Waals surface area contributed by atoms with Crippen molar-refractivity contribution in [3.8, 4) is 6.07 Å². The molecule has 0 bridgehead atoms. The number of nitrogens with zero attached hydrogens (tertiary/aromatic N) is 3. The molecule has 0 spiro atoms. The number of hydrogen-bond donors (Lipinski definition) is 1. The Hall–Kier alpha value is -3.67. The van der Waals surface area contributed by atoms with E-state index in [9.17, 15) is 19.3 Å². The number of nitro benzene ring substituents is 1. The summed E-state index contributed by atoms with van der Waals surface area (Å²) in [5, 5.41) is 23.4. The smallest absolute Gasteiger partial charge is 0.411 e. The molecule has 9 heteroatoms. The molecular formula is C24H25FN4O4. The third kappa shape index (κ3) is 4.33. The summed E-state index contributed by atoms with van der Waals surface area (Å²) in [5.74, 6) is -0.799. The van der Waals surface area contributed by atoms with Gasteiger partial charge >= 0.3 is 6.09 Å². The second kappa shape index (κ2) is 8.70. The van der Waals surface area contributed by atoms with Gasteiger partial charge in [0.15, 0.2) is 0 Å². The topological polar surface area (TPSA) is 108 Å². The van der Waals surface area contributed by atoms with Crippen molar-refractivity contribution < 1.29 is 18.8 Å². The summed E-state index contributed by atoms with van der Waals surface area (Å²) in [5.41, 5.74) is -0.294. The van der Waals surface area contributed by atoms with E-state index in [1.165, 1.54) is 0 Å². The zero-order valence-corrected chi connectivity index (χ0v) is 18.5. The molecule has 2 aromatic carbocycles. The van der Waals surface area contributed by atoms with Crippen LogP contribution in [-0.2, 0) is 4.74 Å². The van der Waals surface area contributed by atoms with E-state index in [0.717, 1.165) is 17.7 Å². The molecule has 172 valence electrons. The lowest BCUT2D eigenvalue weighted by atomic mass is 9.86. The van der Waals surface area contributed by atoms with Crippen LogP contribution >= 0.6 is 0 Å². The standard InChI is InChI=1S/C24H25FN4O4/c1-24(2)22(15-6-4-3-5-7-15)28(23(30)33-24)18-10-8-17(9-11-18)27-20-13-19(25)16(14-26)12-21(20)29(31)32/h3-7,12-13,17-18,22,27H,8-11H2,1-2H3/t17?,18?,22-/m0/s1. The highest BCUT2D eigenvalue weighted by atomic mass is 19.1. The number of hydrogen-bond acceptors (Lipinski definition) is 6. The lowest BCUT2D eigenvalue weighted by Crippen LogP contribution is -2.44. The van der Waals surface area contributed by atoms with E-state index < -0.39 is 16.3 Å². The average molecular weight is 452 g/mol. The normalized spacial score (nSPS) is 24.1. The van der Waals surface area contributed by atoms with Crippen LogP contribution < -0.4 is 5.32 Å². The van der Waals surface area contributed by atoms with Crippen molar-refractivity contribution in [3.05, 3.63) is 69.5 Å². The Bertz CT molecular complexity index is 1110. The first kappa shape index (κ1) is 22.5. The fraction of sp³-hybridized carbons (Fsp3) is 0.417. The van der Waals surface area contributed by atoms with Crippen molar-refractivity contribution in [2.75, 3.05) is 5.32 Å². The maximum Gasteiger partial charge on any atom is 0.411 e. The Labute approximate surface area is 191 Å². The molecule has 8 nitrogen and oxygen atoms in total. The molecule has 1 aliphatic carbocycles. The van der Waals surface area contributed by atoms with Gasteiger partial charge in [-0.3, -0.25) is 15.0 Å². The molecule has 1 saturated heterocycles. The van der Waals surface area contributed by atoms with Gasteiger partial charge in [-0.2, -0.15) is 5.26 Å². The zero-order valence-electron chi connectivity index (χ0n) is 18.5. The Morgan fingerprint density at radius 3 is 2.48 bits per heavy atom. The van der Waals surface area contributed by atoms with Gasteiger partial charge in [0.25, 0.3) is 5.69 Å². The molecule has 2 aromatic rings. The molecule has 1 atom stereocenters. The van der Waals surface area contributed by atoms with Gasteiger partial charge in [-0.1, -0.05) is 30.3 Å². The van der Waals surface area contributed by atoms with E-state index in [4.69, 9.17) is 10.00 Å². The van der Waals surface area contributed by atoms with Crippen LogP contribution in [0.4, 0.5) is 20.6 Å². The minimum absolute atomic E-state index is 0.0322. The Balaban J connectivity index is 1.49. The van der Waals surface area contributed by atoms with Gasteiger partial charge in [0.2, 0.25) is 0 Å². The number of halogens is 1. The van der Waals surface area contributed by atoms with Gasteiger partial charge < -0.3 is 10.1 Å². The van der Waals surface area contributed by atoms with Crippen molar-refractivity contribution in [1.82, 2.24) is 4.90 Å². The van der Waals surface area contributed by atoms with Crippen LogP contribution in [0.1, 0.15) is 56.7 Å². The molecule has 1 N–H and O–H groups in total. The average Bonchev–Trinajstić information content (AvgIpc) is 3.03. The van der Waals surface area contributed by atoms with Crippen LogP contribution in [0.3, 0.4) is 0 Å². The van der Waals surface area contributed by atoms with Crippen molar-refractivity contribution in [1.29, 1.82) is 5.26 Å². The molecule has 4 rings (SSSR count). The van der Waals surface area contributed by atoms with Crippen LogP contribution in [0.2, 0.25) is 0 Å². The third-order valence-corrected chi connectivity index (χ3v) is 6.47. The molecule has 2 fully saturated rings. The number of amides is 1. The van der Waals surface area contributed by atoms with Gasteiger partial charge in [0, 0.05) is 24.2 Å².